The molecule has 3 heterocycles. The molecule has 2 saturated heterocycles. The van der Waals surface area contributed by atoms with E-state index in [2.05, 4.69) is 5.10 Å². The van der Waals surface area contributed by atoms with Crippen molar-refractivity contribution < 1.29 is 41.0 Å². The standard InChI is InChI=1S/C26H22F6N4O3S/c1-34-7-6-20(21(37)13-34)36-23(38)22(40-24(36)39)9-14-2-5-19-16(8-14)11-33-35(19)12-15-3-4-17(25(27,28)29)10-18(15)26(30,31)32/h2-5,8-11,20-21,37H,6-7,12-13H2,1H3/t20-,21-/m0/s1. The first-order valence-corrected chi connectivity index (χ1v) is 12.9. The SMILES string of the molecule is CN1CC[C@H](N2C(=O)SC(=Cc3ccc4c(cnn4Cc4ccc(C(F)(F)F)cc4C(F)(F)F)c3)C2=O)[C@@H](O)C1. The van der Waals surface area contributed by atoms with Gasteiger partial charge >= 0.3 is 12.4 Å². The largest absolute Gasteiger partial charge is 0.416 e. The van der Waals surface area contributed by atoms with E-state index < -0.39 is 53.3 Å². The number of imide groups is 1. The zero-order valence-electron chi connectivity index (χ0n) is 20.8. The third-order valence-electron chi connectivity index (χ3n) is 6.93. The van der Waals surface area contributed by atoms with Gasteiger partial charge in [0.25, 0.3) is 11.1 Å². The Bertz CT molecular complexity index is 1520. The van der Waals surface area contributed by atoms with Crippen LogP contribution in [0.2, 0.25) is 0 Å². The van der Waals surface area contributed by atoms with E-state index in [9.17, 15) is 41.0 Å². The molecule has 5 rings (SSSR count). The Morgan fingerprint density at radius 1 is 1.07 bits per heavy atom. The lowest BCUT2D eigenvalue weighted by molar-refractivity contribution is -0.143. The number of fused-ring (bicyclic) bond motifs is 1. The van der Waals surface area contributed by atoms with E-state index in [1.54, 1.807) is 18.2 Å². The second-order valence-corrected chi connectivity index (χ2v) is 10.7. The van der Waals surface area contributed by atoms with Crippen LogP contribution in [0.5, 0.6) is 0 Å². The van der Waals surface area contributed by atoms with Gasteiger partial charge in [-0.25, -0.2) is 0 Å². The Morgan fingerprint density at radius 3 is 2.50 bits per heavy atom. The van der Waals surface area contributed by atoms with Crippen LogP contribution in [0.4, 0.5) is 31.1 Å². The third kappa shape index (κ3) is 5.47. The van der Waals surface area contributed by atoms with Crippen LogP contribution in [0.1, 0.15) is 28.7 Å². The van der Waals surface area contributed by atoms with Gasteiger partial charge in [0, 0.05) is 18.5 Å². The van der Waals surface area contributed by atoms with Crippen molar-refractivity contribution >= 4 is 39.9 Å². The summed E-state index contributed by atoms with van der Waals surface area (Å²) >= 11 is 0.759. The number of nitrogens with zero attached hydrogens (tertiary/aromatic N) is 4. The van der Waals surface area contributed by atoms with Crippen molar-refractivity contribution in [3.8, 4) is 0 Å². The molecule has 0 bridgehead atoms. The van der Waals surface area contributed by atoms with Crippen molar-refractivity contribution in [3.05, 3.63) is 69.8 Å². The highest BCUT2D eigenvalue weighted by Gasteiger charge is 2.44. The van der Waals surface area contributed by atoms with Gasteiger partial charge in [0.1, 0.15) is 0 Å². The highest BCUT2D eigenvalue weighted by molar-refractivity contribution is 8.18. The number of β-amino-alcohol motifs (C(OH)–C–C–N with tert-alkyl or cyclic N) is 1. The number of thioether (sulfide) groups is 1. The minimum Gasteiger partial charge on any atom is -0.390 e. The number of aromatic nitrogens is 2. The first-order valence-electron chi connectivity index (χ1n) is 12.1. The molecule has 0 spiro atoms. The van der Waals surface area contributed by atoms with Crippen molar-refractivity contribution in [2.75, 3.05) is 20.1 Å². The Morgan fingerprint density at radius 2 is 1.82 bits per heavy atom. The van der Waals surface area contributed by atoms with E-state index in [1.165, 1.54) is 17.0 Å². The van der Waals surface area contributed by atoms with E-state index >= 15 is 0 Å². The first-order chi connectivity index (χ1) is 18.7. The molecule has 2 aliphatic rings. The van der Waals surface area contributed by atoms with Crippen molar-refractivity contribution in [3.63, 3.8) is 0 Å². The zero-order valence-corrected chi connectivity index (χ0v) is 21.6. The van der Waals surface area contributed by atoms with E-state index in [1.807, 2.05) is 11.9 Å². The fourth-order valence-electron chi connectivity index (χ4n) is 4.93. The van der Waals surface area contributed by atoms with Crippen LogP contribution in [-0.4, -0.2) is 68.1 Å². The van der Waals surface area contributed by atoms with Crippen molar-refractivity contribution in [2.45, 2.75) is 37.5 Å². The van der Waals surface area contributed by atoms with Crippen LogP contribution in [0.25, 0.3) is 17.0 Å². The summed E-state index contributed by atoms with van der Waals surface area (Å²) in [7, 11) is 1.84. The lowest BCUT2D eigenvalue weighted by Gasteiger charge is -2.37. The quantitative estimate of drug-likeness (QED) is 0.335. The second-order valence-electron chi connectivity index (χ2n) is 9.73. The number of carbonyl (C=O) groups excluding carboxylic acids is 2. The average molecular weight is 585 g/mol. The molecule has 40 heavy (non-hydrogen) atoms. The summed E-state index contributed by atoms with van der Waals surface area (Å²) in [6.45, 7) is 0.538. The molecule has 0 unspecified atom stereocenters. The van der Waals surface area contributed by atoms with Crippen LogP contribution in [0.3, 0.4) is 0 Å². The number of carbonyl (C=O) groups is 2. The molecule has 0 radical (unpaired) electrons. The maximum Gasteiger partial charge on any atom is 0.416 e. The number of likely N-dealkylation sites (tertiary alicyclic amines) is 1. The molecule has 0 saturated carbocycles. The van der Waals surface area contributed by atoms with Gasteiger partial charge in [-0.1, -0.05) is 12.1 Å². The molecule has 2 amide bonds. The van der Waals surface area contributed by atoms with E-state index in [0.717, 1.165) is 22.7 Å². The van der Waals surface area contributed by atoms with Crippen LogP contribution >= 0.6 is 11.8 Å². The summed E-state index contributed by atoms with van der Waals surface area (Å²) in [5, 5.41) is 14.6. The predicted molar refractivity (Wildman–Crippen MR) is 135 cm³/mol. The van der Waals surface area contributed by atoms with E-state index in [0.29, 0.717) is 42.0 Å². The Balaban J connectivity index is 1.39. The van der Waals surface area contributed by atoms with Gasteiger partial charge in [0.05, 0.1) is 46.4 Å². The summed E-state index contributed by atoms with van der Waals surface area (Å²) in [6.07, 6.45) is -7.43. The number of piperidine rings is 1. The van der Waals surface area contributed by atoms with Gasteiger partial charge in [-0.15, -0.1) is 0 Å². The van der Waals surface area contributed by atoms with Crippen molar-refractivity contribution in [2.24, 2.45) is 0 Å². The normalized spacial score (nSPS) is 22.2. The molecule has 2 aromatic carbocycles. The van der Waals surface area contributed by atoms with Crippen LogP contribution < -0.4 is 0 Å². The topological polar surface area (TPSA) is 78.7 Å². The molecular weight excluding hydrogens is 562 g/mol. The van der Waals surface area contributed by atoms with Gasteiger partial charge < -0.3 is 10.0 Å². The molecule has 212 valence electrons. The predicted octanol–water partition coefficient (Wildman–Crippen LogP) is 5.22. The van der Waals surface area contributed by atoms with Crippen LogP contribution in [0, 0.1) is 0 Å². The minimum atomic E-state index is -5.00. The number of alkyl halides is 6. The van der Waals surface area contributed by atoms with Crippen molar-refractivity contribution in [1.82, 2.24) is 19.6 Å². The minimum absolute atomic E-state index is 0.0940. The fraction of sp³-hybridized carbons (Fsp3) is 0.346. The summed E-state index contributed by atoms with van der Waals surface area (Å²) in [4.78, 5) is 28.8. The second kappa shape index (κ2) is 10.2. The van der Waals surface area contributed by atoms with Crippen LogP contribution in [0.15, 0.2) is 47.5 Å². The molecule has 2 atom stereocenters. The Kier molecular flexibility index (Phi) is 7.21. The molecule has 2 fully saturated rings. The van der Waals surface area contributed by atoms with E-state index in [4.69, 9.17) is 0 Å². The highest BCUT2D eigenvalue weighted by Crippen LogP contribution is 2.38. The molecule has 7 nitrogen and oxygen atoms in total. The molecule has 14 heteroatoms. The Hall–Kier alpha value is -3.36. The number of halogens is 6. The summed E-state index contributed by atoms with van der Waals surface area (Å²) < 4.78 is 81.0. The average Bonchev–Trinajstić information content (AvgIpc) is 3.37. The number of aliphatic hydroxyl groups excluding tert-OH is 1. The van der Waals surface area contributed by atoms with Gasteiger partial charge in [0.15, 0.2) is 0 Å². The first kappa shape index (κ1) is 28.2. The highest BCUT2D eigenvalue weighted by atomic mass is 32.2. The third-order valence-corrected chi connectivity index (χ3v) is 7.81. The zero-order chi connectivity index (χ0) is 29.0. The molecule has 1 aromatic heterocycles. The molecule has 3 aromatic rings. The molecular formula is C26H22F6N4O3S. The smallest absolute Gasteiger partial charge is 0.390 e. The van der Waals surface area contributed by atoms with Gasteiger partial charge in [-0.2, -0.15) is 31.4 Å². The summed E-state index contributed by atoms with van der Waals surface area (Å²) in [5.41, 5.74) is -2.21. The number of aliphatic hydroxyl groups is 1. The number of rotatable bonds is 4. The molecule has 2 aliphatic heterocycles. The number of amides is 2. The lowest BCUT2D eigenvalue weighted by Crippen LogP contribution is -2.54. The molecule has 1 N–H and O–H groups in total. The number of likely N-dealkylation sites (N-methyl/N-ethyl adjacent to an activating group) is 1. The number of hydrogen-bond acceptors (Lipinski definition) is 6. The summed E-state index contributed by atoms with van der Waals surface area (Å²) in [5.74, 6) is -0.513. The van der Waals surface area contributed by atoms with Crippen molar-refractivity contribution in [1.29, 1.82) is 0 Å². The number of hydrogen-bond donors (Lipinski definition) is 1. The maximum absolute atomic E-state index is 13.6. The van der Waals surface area contributed by atoms with E-state index in [-0.39, 0.29) is 16.5 Å². The lowest BCUT2D eigenvalue weighted by atomic mass is 10.0. The van der Waals surface area contributed by atoms with Gasteiger partial charge in [0.2, 0.25) is 0 Å². The number of benzene rings is 2. The maximum atomic E-state index is 13.6. The Labute approximate surface area is 228 Å². The monoisotopic (exact) mass is 584 g/mol. The fourth-order valence-corrected chi connectivity index (χ4v) is 5.82. The van der Waals surface area contributed by atoms with Crippen LogP contribution in [-0.2, 0) is 23.7 Å². The summed E-state index contributed by atoms with van der Waals surface area (Å²) in [6, 6.07) is 5.66. The van der Waals surface area contributed by atoms with Gasteiger partial charge in [-0.05, 0) is 66.7 Å². The van der Waals surface area contributed by atoms with Gasteiger partial charge in [-0.3, -0.25) is 19.2 Å². The molecule has 0 aliphatic carbocycles.